The number of hydrogen-bond acceptors (Lipinski definition) is 3. The Morgan fingerprint density at radius 1 is 0.897 bits per heavy atom. The number of thiazole rings is 1. The molecule has 1 heterocycles. The highest BCUT2D eigenvalue weighted by Crippen LogP contribution is 2.39. The third-order valence-electron chi connectivity index (χ3n) is 4.77. The highest BCUT2D eigenvalue weighted by Gasteiger charge is 2.17. The van der Waals surface area contributed by atoms with E-state index in [0.717, 1.165) is 26.2 Å². The van der Waals surface area contributed by atoms with E-state index in [4.69, 9.17) is 4.98 Å². The first kappa shape index (κ1) is 19.6. The molecule has 1 N–H and O–H groups in total. The summed E-state index contributed by atoms with van der Waals surface area (Å²) in [5.41, 5.74) is 6.09. The van der Waals surface area contributed by atoms with Gasteiger partial charge < -0.3 is 0 Å². The van der Waals surface area contributed by atoms with Crippen LogP contribution in [0.25, 0.3) is 21.7 Å². The largest absolute Gasteiger partial charge is 0.298 e. The zero-order valence-electron chi connectivity index (χ0n) is 16.1. The smallest absolute Gasteiger partial charge is 0.257 e. The minimum absolute atomic E-state index is 0.169. The molecule has 3 nitrogen and oxygen atoms in total. The summed E-state index contributed by atoms with van der Waals surface area (Å²) < 4.78 is 0.937. The number of carbonyl (C=O) groups excluding carboxylic acids is 1. The van der Waals surface area contributed by atoms with Gasteiger partial charge in [-0.05, 0) is 54.8 Å². The van der Waals surface area contributed by atoms with Gasteiger partial charge in [-0.25, -0.2) is 4.98 Å². The van der Waals surface area contributed by atoms with Crippen LogP contribution in [0.2, 0.25) is 0 Å². The Hall–Kier alpha value is -2.76. The van der Waals surface area contributed by atoms with E-state index in [0.29, 0.717) is 10.7 Å². The average molecular weight is 463 g/mol. The third kappa shape index (κ3) is 4.31. The predicted octanol–water partition coefficient (Wildman–Crippen LogP) is 7.11. The molecule has 0 aliphatic rings. The zero-order valence-corrected chi connectivity index (χ0v) is 18.5. The molecule has 1 amide bonds. The number of carbonyl (C=O) groups is 1. The molecule has 1 aromatic heterocycles. The number of nitrogens with zero attached hydrogens (tertiary/aromatic N) is 1. The first-order valence-electron chi connectivity index (χ1n) is 9.22. The third-order valence-corrected chi connectivity index (χ3v) is 6.32. The number of nitrogens with one attached hydrogen (secondary N) is 1. The van der Waals surface area contributed by atoms with Crippen LogP contribution in [0, 0.1) is 13.8 Å². The van der Waals surface area contributed by atoms with Crippen LogP contribution in [0.5, 0.6) is 0 Å². The quantitative estimate of drug-likeness (QED) is 0.351. The second-order valence-electron chi connectivity index (χ2n) is 6.82. The fraction of sp³-hybridized carbons (Fsp3) is 0.0833. The van der Waals surface area contributed by atoms with Crippen molar-refractivity contribution in [2.45, 2.75) is 13.8 Å². The monoisotopic (exact) mass is 462 g/mol. The number of hydrogen-bond donors (Lipinski definition) is 1. The molecule has 5 heteroatoms. The minimum atomic E-state index is -0.169. The molecule has 0 saturated carbocycles. The maximum absolute atomic E-state index is 12.7. The van der Waals surface area contributed by atoms with Gasteiger partial charge in [0.05, 0.1) is 10.6 Å². The van der Waals surface area contributed by atoms with Crippen molar-refractivity contribution in [2.75, 3.05) is 5.32 Å². The van der Waals surface area contributed by atoms with Gasteiger partial charge in [0, 0.05) is 15.6 Å². The molecule has 3 aromatic carbocycles. The van der Waals surface area contributed by atoms with Gasteiger partial charge in [-0.15, -0.1) is 0 Å². The molecule has 0 atom stereocenters. The van der Waals surface area contributed by atoms with Gasteiger partial charge in [-0.3, -0.25) is 10.1 Å². The van der Waals surface area contributed by atoms with Crippen LogP contribution >= 0.6 is 27.3 Å². The van der Waals surface area contributed by atoms with E-state index in [2.05, 4.69) is 53.3 Å². The standard InChI is InChI=1S/C24H19BrN2OS/c1-15-8-9-19(14-16(15)2)22-21(17-6-4-3-5-7-17)26-24(29-22)27-23(28)18-10-12-20(25)13-11-18/h3-14H,1-2H3,(H,26,27,28). The number of aromatic nitrogens is 1. The van der Waals surface area contributed by atoms with Crippen LogP contribution in [-0.4, -0.2) is 10.9 Å². The van der Waals surface area contributed by atoms with Crippen molar-refractivity contribution < 1.29 is 4.79 Å². The van der Waals surface area contributed by atoms with Gasteiger partial charge in [0.1, 0.15) is 0 Å². The highest BCUT2D eigenvalue weighted by molar-refractivity contribution is 9.10. The molecule has 29 heavy (non-hydrogen) atoms. The van der Waals surface area contributed by atoms with E-state index in [1.165, 1.54) is 22.5 Å². The van der Waals surface area contributed by atoms with Crippen molar-refractivity contribution in [1.29, 1.82) is 0 Å². The van der Waals surface area contributed by atoms with Crippen LogP contribution < -0.4 is 5.32 Å². The van der Waals surface area contributed by atoms with Crippen molar-refractivity contribution in [3.05, 3.63) is 94.0 Å². The van der Waals surface area contributed by atoms with E-state index in [-0.39, 0.29) is 5.91 Å². The lowest BCUT2D eigenvalue weighted by Crippen LogP contribution is -2.11. The SMILES string of the molecule is Cc1ccc(-c2sc(NC(=O)c3ccc(Br)cc3)nc2-c2ccccc2)cc1C. The van der Waals surface area contributed by atoms with E-state index in [1.807, 2.05) is 42.5 Å². The Kier molecular flexibility index (Phi) is 5.60. The molecule has 0 fully saturated rings. The Bertz CT molecular complexity index is 1170. The Morgan fingerprint density at radius 3 is 2.31 bits per heavy atom. The molecule has 144 valence electrons. The average Bonchev–Trinajstić information content (AvgIpc) is 3.15. The van der Waals surface area contributed by atoms with Crippen molar-refractivity contribution in [3.63, 3.8) is 0 Å². The molecular formula is C24H19BrN2OS. The summed E-state index contributed by atoms with van der Waals surface area (Å²) >= 11 is 4.89. The highest BCUT2D eigenvalue weighted by atomic mass is 79.9. The van der Waals surface area contributed by atoms with E-state index in [9.17, 15) is 4.79 Å². The molecule has 0 radical (unpaired) electrons. The second-order valence-corrected chi connectivity index (χ2v) is 8.74. The molecule has 4 aromatic rings. The van der Waals surface area contributed by atoms with Gasteiger partial charge in [0.2, 0.25) is 0 Å². The zero-order chi connectivity index (χ0) is 20.4. The summed E-state index contributed by atoms with van der Waals surface area (Å²) in [4.78, 5) is 18.5. The predicted molar refractivity (Wildman–Crippen MR) is 125 cm³/mol. The first-order valence-corrected chi connectivity index (χ1v) is 10.8. The van der Waals surface area contributed by atoms with Crippen molar-refractivity contribution >= 4 is 38.3 Å². The lowest BCUT2D eigenvalue weighted by atomic mass is 10.0. The lowest BCUT2D eigenvalue weighted by Gasteiger charge is -2.05. The van der Waals surface area contributed by atoms with Crippen LogP contribution in [0.3, 0.4) is 0 Å². The first-order chi connectivity index (χ1) is 14.0. The Morgan fingerprint density at radius 2 is 1.62 bits per heavy atom. The normalized spacial score (nSPS) is 10.7. The van der Waals surface area contributed by atoms with Crippen molar-refractivity contribution in [2.24, 2.45) is 0 Å². The molecular weight excluding hydrogens is 444 g/mol. The molecule has 0 bridgehead atoms. The topological polar surface area (TPSA) is 42.0 Å². The summed E-state index contributed by atoms with van der Waals surface area (Å²) in [6.45, 7) is 4.21. The maximum Gasteiger partial charge on any atom is 0.257 e. The van der Waals surface area contributed by atoms with Crippen LogP contribution in [-0.2, 0) is 0 Å². The lowest BCUT2D eigenvalue weighted by molar-refractivity contribution is 0.102. The fourth-order valence-corrected chi connectivity index (χ4v) is 4.26. The van der Waals surface area contributed by atoms with Gasteiger partial charge in [-0.2, -0.15) is 0 Å². The summed E-state index contributed by atoms with van der Waals surface area (Å²) in [5.74, 6) is -0.169. The number of aryl methyl sites for hydroxylation is 2. The van der Waals surface area contributed by atoms with Crippen LogP contribution in [0.15, 0.2) is 77.3 Å². The molecule has 0 unspecified atom stereocenters. The molecule has 4 rings (SSSR count). The number of rotatable bonds is 4. The van der Waals surface area contributed by atoms with Crippen LogP contribution in [0.4, 0.5) is 5.13 Å². The molecule has 0 spiro atoms. The summed E-state index contributed by atoms with van der Waals surface area (Å²) in [6.07, 6.45) is 0. The summed E-state index contributed by atoms with van der Waals surface area (Å²) in [5, 5.41) is 3.55. The molecule has 0 saturated heterocycles. The molecule has 0 aliphatic carbocycles. The molecule has 0 aliphatic heterocycles. The summed E-state index contributed by atoms with van der Waals surface area (Å²) in [6, 6.07) is 23.8. The number of halogens is 1. The van der Waals surface area contributed by atoms with Crippen molar-refractivity contribution in [3.8, 4) is 21.7 Å². The van der Waals surface area contributed by atoms with Crippen LogP contribution in [0.1, 0.15) is 21.5 Å². The van der Waals surface area contributed by atoms with Gasteiger partial charge >= 0.3 is 0 Å². The maximum atomic E-state index is 12.7. The van der Waals surface area contributed by atoms with Crippen molar-refractivity contribution in [1.82, 2.24) is 4.98 Å². The van der Waals surface area contributed by atoms with E-state index >= 15 is 0 Å². The number of amides is 1. The van der Waals surface area contributed by atoms with Gasteiger partial charge in [0.15, 0.2) is 5.13 Å². The minimum Gasteiger partial charge on any atom is -0.298 e. The van der Waals surface area contributed by atoms with E-state index < -0.39 is 0 Å². The second kappa shape index (κ2) is 8.31. The number of benzene rings is 3. The van der Waals surface area contributed by atoms with Gasteiger partial charge in [-0.1, -0.05) is 75.8 Å². The Balaban J connectivity index is 1.74. The van der Waals surface area contributed by atoms with Gasteiger partial charge in [0.25, 0.3) is 5.91 Å². The summed E-state index contributed by atoms with van der Waals surface area (Å²) in [7, 11) is 0. The fourth-order valence-electron chi connectivity index (χ4n) is 3.01. The Labute approximate surface area is 182 Å². The number of anilines is 1. The van der Waals surface area contributed by atoms with E-state index in [1.54, 1.807) is 12.1 Å².